The summed E-state index contributed by atoms with van der Waals surface area (Å²) >= 11 is 0. The van der Waals surface area contributed by atoms with Crippen molar-refractivity contribution >= 4 is 11.5 Å². The molecule has 2 heterocycles. The van der Waals surface area contributed by atoms with E-state index in [1.165, 1.54) is 5.56 Å². The molecule has 0 fully saturated rings. The number of benzene rings is 3. The molecular formula is C31H30N2O4. The van der Waals surface area contributed by atoms with E-state index < -0.39 is 5.97 Å². The van der Waals surface area contributed by atoms with Gasteiger partial charge < -0.3 is 14.3 Å². The third-order valence-electron chi connectivity index (χ3n) is 6.63. The number of oxazole rings is 1. The molecule has 6 nitrogen and oxygen atoms in total. The summed E-state index contributed by atoms with van der Waals surface area (Å²) in [4.78, 5) is 19.0. The molecule has 0 aliphatic carbocycles. The molecule has 1 aliphatic heterocycles. The number of aromatic nitrogens is 1. The Morgan fingerprint density at radius 2 is 1.73 bits per heavy atom. The van der Waals surface area contributed by atoms with Gasteiger partial charge in [0.25, 0.3) is 0 Å². The fraction of sp³-hybridized carbons (Fsp3) is 0.226. The van der Waals surface area contributed by atoms with Crippen molar-refractivity contribution in [3.63, 3.8) is 0 Å². The van der Waals surface area contributed by atoms with Gasteiger partial charge in [0.1, 0.15) is 11.5 Å². The lowest BCUT2D eigenvalue weighted by molar-refractivity contribution is -0.132. The maximum Gasteiger partial charge on any atom is 0.331 e. The summed E-state index contributed by atoms with van der Waals surface area (Å²) in [6.07, 6.45) is 1.12. The average molecular weight is 495 g/mol. The van der Waals surface area contributed by atoms with Crippen LogP contribution in [-0.2, 0) is 17.8 Å². The second kappa shape index (κ2) is 11.3. The molecule has 6 heteroatoms. The predicted molar refractivity (Wildman–Crippen MR) is 143 cm³/mol. The maximum atomic E-state index is 12.0. The summed E-state index contributed by atoms with van der Waals surface area (Å²) in [5.74, 6) is 1.25. The minimum absolute atomic E-state index is 0.440. The Kier molecular flexibility index (Phi) is 7.47. The molecule has 0 bridgehead atoms. The average Bonchev–Trinajstić information content (AvgIpc) is 3.30. The van der Waals surface area contributed by atoms with Gasteiger partial charge >= 0.3 is 5.97 Å². The van der Waals surface area contributed by atoms with Crippen molar-refractivity contribution < 1.29 is 19.1 Å². The van der Waals surface area contributed by atoms with Gasteiger partial charge in [-0.05, 0) is 54.3 Å². The van der Waals surface area contributed by atoms with Crippen molar-refractivity contribution in [3.8, 4) is 17.2 Å². The third-order valence-corrected chi connectivity index (χ3v) is 6.63. The van der Waals surface area contributed by atoms with E-state index in [0.717, 1.165) is 41.2 Å². The number of aliphatic carboxylic acids is 1. The Labute approximate surface area is 216 Å². The third kappa shape index (κ3) is 5.98. The highest BCUT2D eigenvalue weighted by Crippen LogP contribution is 2.30. The quantitative estimate of drug-likeness (QED) is 0.307. The van der Waals surface area contributed by atoms with E-state index in [1.807, 2.05) is 79.7 Å². The number of hydrogen-bond acceptors (Lipinski definition) is 5. The molecular weight excluding hydrogens is 464 g/mol. The molecule has 0 radical (unpaired) electrons. The molecule has 5 rings (SSSR count). The summed E-state index contributed by atoms with van der Waals surface area (Å²) in [5.41, 5.74) is 5.25. The van der Waals surface area contributed by atoms with Gasteiger partial charge in [0.05, 0.1) is 12.3 Å². The van der Waals surface area contributed by atoms with Gasteiger partial charge in [-0.1, -0.05) is 60.7 Å². The van der Waals surface area contributed by atoms with Crippen LogP contribution in [0.3, 0.4) is 0 Å². The molecule has 0 unspecified atom stereocenters. The fourth-order valence-electron chi connectivity index (χ4n) is 4.70. The zero-order valence-corrected chi connectivity index (χ0v) is 20.9. The van der Waals surface area contributed by atoms with Crippen molar-refractivity contribution in [2.75, 3.05) is 19.7 Å². The Morgan fingerprint density at radius 1 is 1.00 bits per heavy atom. The summed E-state index contributed by atoms with van der Waals surface area (Å²) in [6.45, 7) is 4.45. The minimum Gasteiger partial charge on any atom is -0.493 e. The second-order valence-corrected chi connectivity index (χ2v) is 9.22. The number of carboxylic acid groups (broad SMARTS) is 1. The number of nitrogens with zero attached hydrogens (tertiary/aromatic N) is 2. The largest absolute Gasteiger partial charge is 0.493 e. The van der Waals surface area contributed by atoms with Gasteiger partial charge in [0, 0.05) is 37.2 Å². The zero-order valence-electron chi connectivity index (χ0n) is 20.9. The lowest BCUT2D eigenvalue weighted by atomic mass is 9.93. The number of carbonyl (C=O) groups is 1. The van der Waals surface area contributed by atoms with Crippen molar-refractivity contribution in [2.45, 2.75) is 26.3 Å². The van der Waals surface area contributed by atoms with Crippen LogP contribution in [0.4, 0.5) is 0 Å². The highest BCUT2D eigenvalue weighted by Gasteiger charge is 2.24. The second-order valence-electron chi connectivity index (χ2n) is 9.22. The highest BCUT2D eigenvalue weighted by atomic mass is 16.5. The van der Waals surface area contributed by atoms with Crippen LogP contribution in [-0.4, -0.2) is 40.7 Å². The predicted octanol–water partition coefficient (Wildman–Crippen LogP) is 6.02. The first-order chi connectivity index (χ1) is 18.1. The zero-order chi connectivity index (χ0) is 25.6. The van der Waals surface area contributed by atoms with E-state index in [-0.39, 0.29) is 0 Å². The normalized spacial score (nSPS) is 14.1. The molecule has 0 saturated heterocycles. The van der Waals surface area contributed by atoms with Crippen LogP contribution in [0.15, 0.2) is 94.9 Å². The van der Waals surface area contributed by atoms with Gasteiger partial charge in [-0.2, -0.15) is 0 Å². The molecule has 0 amide bonds. The molecule has 37 heavy (non-hydrogen) atoms. The maximum absolute atomic E-state index is 12.0. The topological polar surface area (TPSA) is 75.8 Å². The molecule has 3 aromatic carbocycles. The summed E-state index contributed by atoms with van der Waals surface area (Å²) < 4.78 is 11.9. The van der Waals surface area contributed by atoms with Crippen molar-refractivity contribution in [3.05, 3.63) is 113 Å². The van der Waals surface area contributed by atoms with Crippen molar-refractivity contribution in [1.82, 2.24) is 9.88 Å². The molecule has 0 saturated carbocycles. The molecule has 1 aromatic heterocycles. The van der Waals surface area contributed by atoms with Crippen LogP contribution < -0.4 is 4.74 Å². The van der Waals surface area contributed by atoms with Gasteiger partial charge in [-0.15, -0.1) is 0 Å². The standard InChI is InChI=1S/C31H30N2O4/c1-22-29(32-30(37-22)24-11-6-3-7-12-24)16-18-36-26-14-8-13-25(19-26)28-21-33(17-15-27(28)31(34)35)20-23-9-4-2-5-10-23/h2-14,19H,15-18,20-21H2,1H3,(H,34,35). The molecule has 4 aromatic rings. The number of ether oxygens (including phenoxy) is 1. The molecule has 0 atom stereocenters. The summed E-state index contributed by atoms with van der Waals surface area (Å²) in [7, 11) is 0. The van der Waals surface area contributed by atoms with E-state index in [0.29, 0.717) is 43.2 Å². The number of rotatable bonds is 9. The van der Waals surface area contributed by atoms with Crippen molar-refractivity contribution in [1.29, 1.82) is 0 Å². The first-order valence-electron chi connectivity index (χ1n) is 12.5. The van der Waals surface area contributed by atoms with Crippen LogP contribution in [0.2, 0.25) is 0 Å². The Morgan fingerprint density at radius 3 is 2.49 bits per heavy atom. The van der Waals surface area contributed by atoms with Crippen molar-refractivity contribution in [2.24, 2.45) is 0 Å². The van der Waals surface area contributed by atoms with Gasteiger partial charge in [-0.3, -0.25) is 4.90 Å². The Balaban J connectivity index is 1.27. The molecule has 188 valence electrons. The lowest BCUT2D eigenvalue weighted by Crippen LogP contribution is -2.32. The summed E-state index contributed by atoms with van der Waals surface area (Å²) in [6, 6.07) is 27.8. The monoisotopic (exact) mass is 494 g/mol. The first-order valence-corrected chi connectivity index (χ1v) is 12.5. The van der Waals surface area contributed by atoms with Crippen LogP contribution in [0.1, 0.15) is 29.0 Å². The van der Waals surface area contributed by atoms with E-state index in [2.05, 4.69) is 22.0 Å². The van der Waals surface area contributed by atoms with Gasteiger partial charge in [0.2, 0.25) is 5.89 Å². The van der Waals surface area contributed by atoms with Crippen LogP contribution in [0.25, 0.3) is 17.0 Å². The Bertz CT molecular complexity index is 1390. The molecule has 1 aliphatic rings. The number of aryl methyl sites for hydroxylation is 1. The Hall–Kier alpha value is -4.16. The van der Waals surface area contributed by atoms with Crippen LogP contribution in [0.5, 0.6) is 5.75 Å². The van der Waals surface area contributed by atoms with Crippen LogP contribution >= 0.6 is 0 Å². The van der Waals surface area contributed by atoms with Gasteiger partial charge in [-0.25, -0.2) is 9.78 Å². The minimum atomic E-state index is -0.851. The highest BCUT2D eigenvalue weighted by molar-refractivity contribution is 5.97. The fourth-order valence-corrected chi connectivity index (χ4v) is 4.70. The van der Waals surface area contributed by atoms with E-state index in [9.17, 15) is 9.90 Å². The number of hydrogen-bond donors (Lipinski definition) is 1. The van der Waals surface area contributed by atoms with E-state index >= 15 is 0 Å². The number of carboxylic acids is 1. The van der Waals surface area contributed by atoms with E-state index in [4.69, 9.17) is 9.15 Å². The lowest BCUT2D eigenvalue weighted by Gasteiger charge is -2.30. The summed E-state index contributed by atoms with van der Waals surface area (Å²) in [5, 5.41) is 9.87. The SMILES string of the molecule is Cc1oc(-c2ccccc2)nc1CCOc1cccc(C2=C(C(=O)O)CCN(Cc3ccccc3)C2)c1. The smallest absolute Gasteiger partial charge is 0.331 e. The first kappa shape index (κ1) is 24.5. The van der Waals surface area contributed by atoms with E-state index in [1.54, 1.807) is 0 Å². The van der Waals surface area contributed by atoms with Crippen LogP contribution in [0, 0.1) is 6.92 Å². The van der Waals surface area contributed by atoms with Gasteiger partial charge in [0.15, 0.2) is 0 Å². The molecule has 0 spiro atoms. The molecule has 1 N–H and O–H groups in total.